The molecule has 0 aromatic carbocycles. The number of likely N-dealkylation sites (tertiary alicyclic amines) is 1. The van der Waals surface area contributed by atoms with Gasteiger partial charge in [-0.2, -0.15) is 0 Å². The van der Waals surface area contributed by atoms with E-state index in [1.54, 1.807) is 0 Å². The summed E-state index contributed by atoms with van der Waals surface area (Å²) >= 11 is 0. The van der Waals surface area contributed by atoms with Gasteiger partial charge < -0.3 is 15.5 Å². The van der Waals surface area contributed by atoms with Crippen molar-refractivity contribution in [2.24, 2.45) is 16.8 Å². The molecule has 2 aliphatic rings. The van der Waals surface area contributed by atoms with E-state index in [0.29, 0.717) is 13.1 Å². The van der Waals surface area contributed by atoms with Gasteiger partial charge in [-0.1, -0.05) is 26.7 Å². The molecule has 0 spiro atoms. The molecule has 7 nitrogen and oxygen atoms in total. The van der Waals surface area contributed by atoms with Crippen LogP contribution < -0.4 is 10.6 Å². The molecule has 2 N–H and O–H groups in total. The summed E-state index contributed by atoms with van der Waals surface area (Å²) in [6.07, 6.45) is 3.67. The van der Waals surface area contributed by atoms with Crippen molar-refractivity contribution < 1.29 is 9.59 Å². The Hall–Kier alpha value is -1.79. The fourth-order valence-corrected chi connectivity index (χ4v) is 3.68. The number of aliphatic imine (C=N–C) groups is 1. The Balaban J connectivity index is 1.91. The number of carbonyl (C=O) groups is 2. The van der Waals surface area contributed by atoms with Crippen molar-refractivity contribution in [3.63, 3.8) is 0 Å². The number of imide groups is 1. The summed E-state index contributed by atoms with van der Waals surface area (Å²) in [7, 11) is 0. The molecule has 3 amide bonds. The molecule has 0 aromatic heterocycles. The maximum absolute atomic E-state index is 11.6. The summed E-state index contributed by atoms with van der Waals surface area (Å²) < 4.78 is 0. The van der Waals surface area contributed by atoms with E-state index in [1.807, 2.05) is 0 Å². The molecule has 136 valence electrons. The zero-order valence-corrected chi connectivity index (χ0v) is 15.2. The van der Waals surface area contributed by atoms with Crippen LogP contribution in [0.1, 0.15) is 40.0 Å². The maximum Gasteiger partial charge on any atom is 0.324 e. The highest BCUT2D eigenvalue weighted by Crippen LogP contribution is 2.28. The maximum atomic E-state index is 11.6. The van der Waals surface area contributed by atoms with Crippen molar-refractivity contribution in [2.45, 2.75) is 40.0 Å². The Labute approximate surface area is 144 Å². The minimum Gasteiger partial charge on any atom is -0.357 e. The average molecular weight is 337 g/mol. The van der Waals surface area contributed by atoms with Gasteiger partial charge >= 0.3 is 6.03 Å². The molecule has 2 aliphatic heterocycles. The molecule has 0 radical (unpaired) electrons. The molecule has 2 rings (SSSR count). The Bertz CT molecular complexity index is 460. The third-order valence-corrected chi connectivity index (χ3v) is 5.10. The number of guanidine groups is 1. The molecule has 0 saturated carbocycles. The number of rotatable bonds is 7. The summed E-state index contributed by atoms with van der Waals surface area (Å²) in [5.41, 5.74) is 0. The van der Waals surface area contributed by atoms with Gasteiger partial charge in [0.15, 0.2) is 5.96 Å². The number of nitrogens with one attached hydrogen (secondary N) is 2. The third-order valence-electron chi connectivity index (χ3n) is 5.10. The third kappa shape index (κ3) is 4.39. The molecule has 2 saturated heterocycles. The molecule has 1 unspecified atom stereocenters. The minimum absolute atomic E-state index is 0.103. The topological polar surface area (TPSA) is 77.0 Å². The van der Waals surface area contributed by atoms with Crippen LogP contribution in [0.5, 0.6) is 0 Å². The lowest BCUT2D eigenvalue weighted by atomic mass is 9.87. The number of amides is 3. The first-order valence-corrected chi connectivity index (χ1v) is 9.22. The fraction of sp³-hybridized carbons (Fsp3) is 0.824. The standard InChI is InChI=1S/C17H31N5O2/c1-4-13(5-2)14-7-9-21(12-14)16(18-6-3)19-8-10-22-15(23)11-20-17(22)24/h13-14H,4-12H2,1-3H3,(H,18,19)(H,20,24). The summed E-state index contributed by atoms with van der Waals surface area (Å²) in [6.45, 7) is 10.4. The van der Waals surface area contributed by atoms with Crippen molar-refractivity contribution in [2.75, 3.05) is 39.3 Å². The van der Waals surface area contributed by atoms with Gasteiger partial charge in [0.1, 0.15) is 0 Å². The largest absolute Gasteiger partial charge is 0.357 e. The zero-order chi connectivity index (χ0) is 17.5. The van der Waals surface area contributed by atoms with Gasteiger partial charge in [-0.3, -0.25) is 14.7 Å². The quantitative estimate of drug-likeness (QED) is 0.417. The molecule has 0 aromatic rings. The Morgan fingerprint density at radius 1 is 1.33 bits per heavy atom. The van der Waals surface area contributed by atoms with Crippen molar-refractivity contribution >= 4 is 17.9 Å². The van der Waals surface area contributed by atoms with Crippen LogP contribution in [0.15, 0.2) is 4.99 Å². The molecule has 0 aliphatic carbocycles. The summed E-state index contributed by atoms with van der Waals surface area (Å²) in [6, 6.07) is -0.310. The van der Waals surface area contributed by atoms with Gasteiger partial charge in [0.2, 0.25) is 5.91 Å². The van der Waals surface area contributed by atoms with E-state index in [9.17, 15) is 9.59 Å². The lowest BCUT2D eigenvalue weighted by molar-refractivity contribution is -0.124. The second-order valence-corrected chi connectivity index (χ2v) is 6.51. The summed E-state index contributed by atoms with van der Waals surface area (Å²) in [5, 5.41) is 5.87. The molecule has 24 heavy (non-hydrogen) atoms. The Morgan fingerprint density at radius 3 is 2.67 bits per heavy atom. The molecular formula is C17H31N5O2. The zero-order valence-electron chi connectivity index (χ0n) is 15.2. The van der Waals surface area contributed by atoms with Crippen LogP contribution in [0.4, 0.5) is 4.79 Å². The smallest absolute Gasteiger partial charge is 0.324 e. The van der Waals surface area contributed by atoms with Crippen LogP contribution in [0.2, 0.25) is 0 Å². The van der Waals surface area contributed by atoms with Gasteiger partial charge in [-0.25, -0.2) is 4.79 Å². The van der Waals surface area contributed by atoms with Crippen LogP contribution >= 0.6 is 0 Å². The van der Waals surface area contributed by atoms with Crippen molar-refractivity contribution in [1.82, 2.24) is 20.4 Å². The fourth-order valence-electron chi connectivity index (χ4n) is 3.68. The Morgan fingerprint density at radius 2 is 2.08 bits per heavy atom. The van der Waals surface area contributed by atoms with Gasteiger partial charge in [-0.05, 0) is 25.2 Å². The molecular weight excluding hydrogens is 306 g/mol. The molecule has 1 atom stereocenters. The van der Waals surface area contributed by atoms with E-state index in [4.69, 9.17) is 0 Å². The van der Waals surface area contributed by atoms with E-state index in [2.05, 4.69) is 41.3 Å². The van der Waals surface area contributed by atoms with Crippen LogP contribution in [-0.4, -0.2) is 67.0 Å². The first-order chi connectivity index (χ1) is 11.6. The van der Waals surface area contributed by atoms with Gasteiger partial charge in [0.25, 0.3) is 0 Å². The molecule has 0 bridgehead atoms. The van der Waals surface area contributed by atoms with E-state index in [-0.39, 0.29) is 18.5 Å². The highest BCUT2D eigenvalue weighted by atomic mass is 16.2. The second-order valence-electron chi connectivity index (χ2n) is 6.51. The average Bonchev–Trinajstić information content (AvgIpc) is 3.17. The highest BCUT2D eigenvalue weighted by molar-refractivity contribution is 6.01. The lowest BCUT2D eigenvalue weighted by Gasteiger charge is -2.24. The normalized spacial score (nSPS) is 21.8. The molecule has 2 fully saturated rings. The van der Waals surface area contributed by atoms with Crippen molar-refractivity contribution in [3.05, 3.63) is 0 Å². The van der Waals surface area contributed by atoms with Gasteiger partial charge in [-0.15, -0.1) is 0 Å². The van der Waals surface area contributed by atoms with Crippen LogP contribution in [0.25, 0.3) is 0 Å². The van der Waals surface area contributed by atoms with Crippen LogP contribution in [-0.2, 0) is 4.79 Å². The number of urea groups is 1. The number of nitrogens with zero attached hydrogens (tertiary/aromatic N) is 3. The summed E-state index contributed by atoms with van der Waals surface area (Å²) in [4.78, 5) is 31.3. The van der Waals surface area contributed by atoms with E-state index in [0.717, 1.165) is 37.4 Å². The number of carbonyl (C=O) groups excluding carboxylic acids is 2. The minimum atomic E-state index is -0.310. The first kappa shape index (κ1) is 18.5. The highest BCUT2D eigenvalue weighted by Gasteiger charge is 2.30. The second kappa shape index (κ2) is 8.89. The summed E-state index contributed by atoms with van der Waals surface area (Å²) in [5.74, 6) is 2.24. The van der Waals surface area contributed by atoms with Crippen LogP contribution in [0, 0.1) is 11.8 Å². The van der Waals surface area contributed by atoms with Crippen molar-refractivity contribution in [3.8, 4) is 0 Å². The van der Waals surface area contributed by atoms with E-state index in [1.165, 1.54) is 24.2 Å². The predicted octanol–water partition coefficient (Wildman–Crippen LogP) is 1.26. The molecule has 7 heteroatoms. The monoisotopic (exact) mass is 337 g/mol. The van der Waals surface area contributed by atoms with Crippen LogP contribution in [0.3, 0.4) is 0 Å². The lowest BCUT2D eigenvalue weighted by Crippen LogP contribution is -2.41. The number of hydrogen-bond acceptors (Lipinski definition) is 3. The first-order valence-electron chi connectivity index (χ1n) is 9.22. The SMILES string of the molecule is CCNC(=NCCN1C(=O)CNC1=O)N1CCC(C(CC)CC)C1. The van der Waals surface area contributed by atoms with Crippen molar-refractivity contribution in [1.29, 1.82) is 0 Å². The van der Waals surface area contributed by atoms with E-state index >= 15 is 0 Å². The van der Waals surface area contributed by atoms with Gasteiger partial charge in [0, 0.05) is 19.6 Å². The van der Waals surface area contributed by atoms with Gasteiger partial charge in [0.05, 0.1) is 19.6 Å². The predicted molar refractivity (Wildman–Crippen MR) is 94.8 cm³/mol. The Kier molecular flexibility index (Phi) is 6.87. The number of hydrogen-bond donors (Lipinski definition) is 2. The molecule has 2 heterocycles. The van der Waals surface area contributed by atoms with E-state index < -0.39 is 0 Å².